The molecular weight excluding hydrogens is 219 g/mol. The highest BCUT2D eigenvalue weighted by molar-refractivity contribution is 6.31. The molecule has 0 aromatic carbocycles. The monoisotopic (exact) mass is 227 g/mol. The van der Waals surface area contributed by atoms with E-state index in [4.69, 9.17) is 17.3 Å². The molecule has 1 unspecified atom stereocenters. The van der Waals surface area contributed by atoms with E-state index in [1.807, 2.05) is 0 Å². The van der Waals surface area contributed by atoms with Crippen LogP contribution in [0.1, 0.15) is 18.7 Å². The Kier molecular flexibility index (Phi) is 3.06. The van der Waals surface area contributed by atoms with Gasteiger partial charge in [0.2, 0.25) is 0 Å². The molecule has 0 bridgehead atoms. The van der Waals surface area contributed by atoms with Crippen molar-refractivity contribution in [3.8, 4) is 0 Å². The number of nitrogens with two attached hydrogens (primary N) is 1. The lowest BCUT2D eigenvalue weighted by molar-refractivity contribution is -0.144. The molecule has 0 amide bonds. The minimum Gasteiger partial charge on any atom is -0.328 e. The summed E-state index contributed by atoms with van der Waals surface area (Å²) < 4.78 is 38.2. The van der Waals surface area contributed by atoms with Gasteiger partial charge in [-0.1, -0.05) is 11.6 Å². The van der Waals surface area contributed by atoms with Gasteiger partial charge in [-0.25, -0.2) is 0 Å². The Morgan fingerprint density at radius 3 is 2.64 bits per heavy atom. The van der Waals surface area contributed by atoms with Crippen molar-refractivity contribution >= 4 is 11.6 Å². The highest BCUT2D eigenvalue weighted by atomic mass is 35.5. The first-order valence-corrected chi connectivity index (χ1v) is 4.26. The zero-order valence-electron chi connectivity index (χ0n) is 7.35. The lowest BCUT2D eigenvalue weighted by atomic mass is 10.3. The molecular formula is C7H9ClF3N3. The Hall–Kier alpha value is -0.750. The van der Waals surface area contributed by atoms with Crippen LogP contribution in [-0.4, -0.2) is 16.3 Å². The van der Waals surface area contributed by atoms with Crippen molar-refractivity contribution in [2.45, 2.75) is 19.1 Å². The topological polar surface area (TPSA) is 43.8 Å². The van der Waals surface area contributed by atoms with E-state index in [9.17, 15) is 13.2 Å². The molecule has 0 saturated heterocycles. The average molecular weight is 228 g/mol. The van der Waals surface area contributed by atoms with Crippen LogP contribution < -0.4 is 5.73 Å². The van der Waals surface area contributed by atoms with E-state index in [0.717, 1.165) is 10.9 Å². The van der Waals surface area contributed by atoms with Crippen molar-refractivity contribution in [1.82, 2.24) is 9.78 Å². The normalized spacial score (nSPS) is 14.4. The number of alkyl halides is 3. The largest absolute Gasteiger partial charge is 0.434 e. The van der Waals surface area contributed by atoms with Gasteiger partial charge in [-0.2, -0.15) is 18.3 Å². The molecule has 2 N–H and O–H groups in total. The zero-order valence-corrected chi connectivity index (χ0v) is 8.10. The van der Waals surface area contributed by atoms with Gasteiger partial charge in [0.15, 0.2) is 5.69 Å². The Labute approximate surface area is 83.6 Å². The number of hydrogen-bond donors (Lipinski definition) is 1. The van der Waals surface area contributed by atoms with Crippen LogP contribution in [0.2, 0.25) is 5.02 Å². The Bertz CT molecular complexity index is 320. The van der Waals surface area contributed by atoms with Gasteiger partial charge in [0.05, 0.1) is 17.3 Å². The molecule has 1 aromatic rings. The molecule has 14 heavy (non-hydrogen) atoms. The van der Waals surface area contributed by atoms with Gasteiger partial charge < -0.3 is 5.73 Å². The van der Waals surface area contributed by atoms with E-state index in [2.05, 4.69) is 5.10 Å². The van der Waals surface area contributed by atoms with E-state index < -0.39 is 22.9 Å². The van der Waals surface area contributed by atoms with Crippen molar-refractivity contribution < 1.29 is 13.2 Å². The SMILES string of the molecule is CC(CN)n1ncc(Cl)c1C(F)(F)F. The van der Waals surface area contributed by atoms with Crippen LogP contribution in [0.4, 0.5) is 13.2 Å². The molecule has 0 saturated carbocycles. The first-order valence-electron chi connectivity index (χ1n) is 3.88. The minimum absolute atomic E-state index is 0.0705. The standard InChI is InChI=1S/C7H9ClF3N3/c1-4(2-12)14-6(7(9,10)11)5(8)3-13-14/h3-4H,2,12H2,1H3. The van der Waals surface area contributed by atoms with Gasteiger partial charge in [0.1, 0.15) is 0 Å². The molecule has 0 fully saturated rings. The second-order valence-corrected chi connectivity index (χ2v) is 3.28. The lowest BCUT2D eigenvalue weighted by Gasteiger charge is -2.15. The molecule has 1 rings (SSSR count). The fourth-order valence-corrected chi connectivity index (χ4v) is 1.28. The maximum atomic E-state index is 12.5. The Morgan fingerprint density at radius 1 is 1.64 bits per heavy atom. The zero-order chi connectivity index (χ0) is 10.9. The second-order valence-electron chi connectivity index (χ2n) is 2.87. The fraction of sp³-hybridized carbons (Fsp3) is 0.571. The first-order chi connectivity index (χ1) is 6.38. The smallest absolute Gasteiger partial charge is 0.328 e. The first kappa shape index (κ1) is 11.3. The molecule has 0 aliphatic carbocycles. The highest BCUT2D eigenvalue weighted by Crippen LogP contribution is 2.35. The van der Waals surface area contributed by atoms with Crippen molar-refractivity contribution in [1.29, 1.82) is 0 Å². The predicted octanol–water partition coefficient (Wildman–Crippen LogP) is 2.07. The molecule has 7 heteroatoms. The quantitative estimate of drug-likeness (QED) is 0.841. The molecule has 1 heterocycles. The number of nitrogens with zero attached hydrogens (tertiary/aromatic N) is 2. The average Bonchev–Trinajstić information content (AvgIpc) is 2.44. The number of hydrogen-bond acceptors (Lipinski definition) is 2. The van der Waals surface area contributed by atoms with Gasteiger partial charge in [0, 0.05) is 6.54 Å². The van der Waals surface area contributed by atoms with Crippen molar-refractivity contribution in [3.63, 3.8) is 0 Å². The van der Waals surface area contributed by atoms with Gasteiger partial charge in [-0.05, 0) is 6.92 Å². The van der Waals surface area contributed by atoms with Gasteiger partial charge in [0.25, 0.3) is 0 Å². The van der Waals surface area contributed by atoms with Gasteiger partial charge in [-0.3, -0.25) is 4.68 Å². The predicted molar refractivity (Wildman–Crippen MR) is 46.0 cm³/mol. The maximum absolute atomic E-state index is 12.5. The Morgan fingerprint density at radius 2 is 2.21 bits per heavy atom. The van der Waals surface area contributed by atoms with Crippen LogP contribution in [-0.2, 0) is 6.18 Å². The molecule has 0 aliphatic heterocycles. The number of rotatable bonds is 2. The van der Waals surface area contributed by atoms with Crippen LogP contribution in [0.5, 0.6) is 0 Å². The lowest BCUT2D eigenvalue weighted by Crippen LogP contribution is -2.23. The highest BCUT2D eigenvalue weighted by Gasteiger charge is 2.38. The summed E-state index contributed by atoms with van der Waals surface area (Å²) in [6.45, 7) is 1.61. The van der Waals surface area contributed by atoms with E-state index in [-0.39, 0.29) is 6.54 Å². The van der Waals surface area contributed by atoms with Crippen LogP contribution >= 0.6 is 11.6 Å². The third-order valence-electron chi connectivity index (χ3n) is 1.78. The van der Waals surface area contributed by atoms with Crippen molar-refractivity contribution in [2.24, 2.45) is 5.73 Å². The Balaban J connectivity index is 3.19. The molecule has 80 valence electrons. The summed E-state index contributed by atoms with van der Waals surface area (Å²) >= 11 is 5.39. The summed E-state index contributed by atoms with van der Waals surface area (Å²) in [5.74, 6) is 0. The fourth-order valence-electron chi connectivity index (χ4n) is 1.04. The minimum atomic E-state index is -4.50. The van der Waals surface area contributed by atoms with Crippen molar-refractivity contribution in [3.05, 3.63) is 16.9 Å². The number of halogens is 4. The molecule has 3 nitrogen and oxygen atoms in total. The number of aromatic nitrogens is 2. The van der Waals surface area contributed by atoms with Crippen molar-refractivity contribution in [2.75, 3.05) is 6.54 Å². The van der Waals surface area contributed by atoms with Gasteiger partial charge >= 0.3 is 6.18 Å². The van der Waals surface area contributed by atoms with Crippen LogP contribution in [0.15, 0.2) is 6.20 Å². The molecule has 0 spiro atoms. The summed E-state index contributed by atoms with van der Waals surface area (Å²) in [6, 6.07) is -0.529. The molecule has 0 aliphatic rings. The van der Waals surface area contributed by atoms with E-state index in [0.29, 0.717) is 0 Å². The van der Waals surface area contributed by atoms with Crippen LogP contribution in [0, 0.1) is 0 Å². The van der Waals surface area contributed by atoms with Crippen LogP contribution in [0.25, 0.3) is 0 Å². The van der Waals surface area contributed by atoms with Crippen LogP contribution in [0.3, 0.4) is 0 Å². The third-order valence-corrected chi connectivity index (χ3v) is 2.05. The maximum Gasteiger partial charge on any atom is 0.434 e. The van der Waals surface area contributed by atoms with E-state index >= 15 is 0 Å². The second kappa shape index (κ2) is 3.78. The summed E-state index contributed by atoms with van der Waals surface area (Å²) in [5.41, 5.74) is 4.31. The summed E-state index contributed by atoms with van der Waals surface area (Å²) in [5, 5.41) is 3.13. The van der Waals surface area contributed by atoms with E-state index in [1.54, 1.807) is 6.92 Å². The molecule has 0 radical (unpaired) electrons. The molecule has 1 aromatic heterocycles. The summed E-state index contributed by atoms with van der Waals surface area (Å²) in [7, 11) is 0. The van der Waals surface area contributed by atoms with E-state index in [1.165, 1.54) is 0 Å². The summed E-state index contributed by atoms with van der Waals surface area (Å²) in [6.07, 6.45) is -3.53. The third kappa shape index (κ3) is 2.01. The molecule has 1 atom stereocenters. The summed E-state index contributed by atoms with van der Waals surface area (Å²) in [4.78, 5) is 0. The van der Waals surface area contributed by atoms with Gasteiger partial charge in [-0.15, -0.1) is 0 Å².